The van der Waals surface area contributed by atoms with E-state index >= 15 is 0 Å². The maximum Gasteiger partial charge on any atom is 0.339 e. The lowest BCUT2D eigenvalue weighted by atomic mass is 10.1. The molecule has 1 atom stereocenters. The van der Waals surface area contributed by atoms with E-state index in [1.165, 1.54) is 6.92 Å². The molecule has 2 aromatic carbocycles. The van der Waals surface area contributed by atoms with E-state index in [1.807, 2.05) is 24.3 Å². The van der Waals surface area contributed by atoms with Gasteiger partial charge >= 0.3 is 5.97 Å². The highest BCUT2D eigenvalue weighted by Gasteiger charge is 2.21. The number of anilines is 1. The number of carbonyl (C=O) groups excluding carboxylic acids is 2. The first-order valence-corrected chi connectivity index (χ1v) is 8.37. The number of carbonyl (C=O) groups is 2. The highest BCUT2D eigenvalue weighted by atomic mass is 16.5. The topological polar surface area (TPSA) is 92.1 Å². The summed E-state index contributed by atoms with van der Waals surface area (Å²) in [6, 6.07) is 17.5. The van der Waals surface area contributed by atoms with Crippen LogP contribution in [0.25, 0.3) is 10.9 Å². The van der Waals surface area contributed by atoms with Crippen LogP contribution in [-0.2, 0) is 9.53 Å². The summed E-state index contributed by atoms with van der Waals surface area (Å²) < 4.78 is 5.35. The van der Waals surface area contributed by atoms with Crippen molar-refractivity contribution in [1.82, 2.24) is 4.98 Å². The van der Waals surface area contributed by atoms with E-state index < -0.39 is 18.0 Å². The van der Waals surface area contributed by atoms with Crippen LogP contribution in [0, 0.1) is 18.3 Å². The summed E-state index contributed by atoms with van der Waals surface area (Å²) in [5.41, 5.74) is 2.43. The molecule has 1 N–H and O–H groups in total. The van der Waals surface area contributed by atoms with Gasteiger partial charge in [0.05, 0.1) is 22.3 Å². The first kappa shape index (κ1) is 18.1. The minimum atomic E-state index is -1.03. The summed E-state index contributed by atoms with van der Waals surface area (Å²) in [5.74, 6) is -1.12. The molecule has 0 aliphatic rings. The van der Waals surface area contributed by atoms with Crippen molar-refractivity contribution in [2.75, 3.05) is 5.32 Å². The fourth-order valence-electron chi connectivity index (χ4n) is 2.68. The van der Waals surface area contributed by atoms with Crippen molar-refractivity contribution in [2.24, 2.45) is 0 Å². The number of nitrogens with one attached hydrogen (secondary N) is 1. The minimum absolute atomic E-state index is 0.333. The van der Waals surface area contributed by atoms with Crippen molar-refractivity contribution in [3.05, 3.63) is 71.4 Å². The Hall–Kier alpha value is -3.72. The molecule has 1 aromatic heterocycles. The van der Waals surface area contributed by atoms with E-state index in [0.29, 0.717) is 33.4 Å². The van der Waals surface area contributed by atoms with Crippen LogP contribution in [-0.4, -0.2) is 23.0 Å². The lowest BCUT2D eigenvalue weighted by Crippen LogP contribution is -2.30. The number of aryl methyl sites for hydroxylation is 1. The van der Waals surface area contributed by atoms with E-state index in [1.54, 1.807) is 43.3 Å². The van der Waals surface area contributed by atoms with Crippen molar-refractivity contribution in [2.45, 2.75) is 20.0 Å². The summed E-state index contributed by atoms with van der Waals surface area (Å²) in [5, 5.41) is 12.4. The second kappa shape index (κ2) is 7.67. The maximum absolute atomic E-state index is 12.6. The molecule has 0 saturated heterocycles. The number of ether oxygens (including phenoxy) is 1. The van der Waals surface area contributed by atoms with Crippen LogP contribution in [0.1, 0.15) is 28.5 Å². The van der Waals surface area contributed by atoms with Crippen LogP contribution in [0.15, 0.2) is 54.6 Å². The molecule has 1 unspecified atom stereocenters. The average molecular weight is 359 g/mol. The molecule has 1 amide bonds. The maximum atomic E-state index is 12.6. The Labute approximate surface area is 156 Å². The highest BCUT2D eigenvalue weighted by molar-refractivity contribution is 6.05. The van der Waals surface area contributed by atoms with Gasteiger partial charge in [0.15, 0.2) is 6.10 Å². The molecule has 0 fully saturated rings. The van der Waals surface area contributed by atoms with Crippen LogP contribution in [0.3, 0.4) is 0 Å². The van der Waals surface area contributed by atoms with Crippen molar-refractivity contribution >= 4 is 28.5 Å². The monoisotopic (exact) mass is 359 g/mol. The first-order chi connectivity index (χ1) is 13.0. The number of hydrogen-bond donors (Lipinski definition) is 1. The summed E-state index contributed by atoms with van der Waals surface area (Å²) >= 11 is 0. The zero-order chi connectivity index (χ0) is 19.4. The SMILES string of the molecule is Cc1cc(C(=O)OC(C)C(=O)Nc2ccccc2C#N)c2ccccc2n1. The fraction of sp³-hybridized carbons (Fsp3) is 0.143. The normalized spacial score (nSPS) is 11.4. The Morgan fingerprint density at radius 1 is 1.15 bits per heavy atom. The Kier molecular flexibility index (Phi) is 5.13. The number of para-hydroxylation sites is 2. The molecule has 27 heavy (non-hydrogen) atoms. The van der Waals surface area contributed by atoms with Crippen molar-refractivity contribution in [1.29, 1.82) is 5.26 Å². The third kappa shape index (κ3) is 3.93. The van der Waals surface area contributed by atoms with Crippen LogP contribution >= 0.6 is 0 Å². The molecule has 6 nitrogen and oxygen atoms in total. The van der Waals surface area contributed by atoms with Crippen LogP contribution in [0.5, 0.6) is 0 Å². The van der Waals surface area contributed by atoms with E-state index in [4.69, 9.17) is 10.00 Å². The first-order valence-electron chi connectivity index (χ1n) is 8.37. The number of rotatable bonds is 4. The van der Waals surface area contributed by atoms with Gasteiger partial charge in [0.25, 0.3) is 5.91 Å². The third-order valence-corrected chi connectivity index (χ3v) is 4.02. The predicted octanol–water partition coefficient (Wildman–Crippen LogP) is 3.60. The largest absolute Gasteiger partial charge is 0.449 e. The number of nitrogens with zero attached hydrogens (tertiary/aromatic N) is 2. The molecule has 6 heteroatoms. The molecule has 3 rings (SSSR count). The molecule has 0 bridgehead atoms. The Bertz CT molecular complexity index is 1070. The van der Waals surface area contributed by atoms with Crippen molar-refractivity contribution in [3.63, 3.8) is 0 Å². The van der Waals surface area contributed by atoms with E-state index in [0.717, 1.165) is 0 Å². The lowest BCUT2D eigenvalue weighted by molar-refractivity contribution is -0.123. The molecule has 1 heterocycles. The predicted molar refractivity (Wildman–Crippen MR) is 101 cm³/mol. The highest BCUT2D eigenvalue weighted by Crippen LogP contribution is 2.20. The standard InChI is InChI=1S/C21H17N3O3/c1-13-11-17(16-8-4-6-10-19(16)23-13)21(26)27-14(2)20(25)24-18-9-5-3-7-15(18)12-22/h3-11,14H,1-2H3,(H,24,25). The Morgan fingerprint density at radius 2 is 1.85 bits per heavy atom. The number of pyridine rings is 1. The zero-order valence-electron chi connectivity index (χ0n) is 14.9. The lowest BCUT2D eigenvalue weighted by Gasteiger charge is -2.15. The molecular formula is C21H17N3O3. The van der Waals surface area contributed by atoms with Gasteiger partial charge in [0, 0.05) is 11.1 Å². The van der Waals surface area contributed by atoms with Gasteiger partial charge in [0.1, 0.15) is 6.07 Å². The van der Waals surface area contributed by atoms with Crippen molar-refractivity contribution in [3.8, 4) is 6.07 Å². The molecule has 0 aliphatic carbocycles. The number of hydrogen-bond acceptors (Lipinski definition) is 5. The summed E-state index contributed by atoms with van der Waals surface area (Å²) in [6.45, 7) is 3.27. The summed E-state index contributed by atoms with van der Waals surface area (Å²) in [4.78, 5) is 29.4. The van der Waals surface area contributed by atoms with Gasteiger partial charge < -0.3 is 10.1 Å². The van der Waals surface area contributed by atoms with Crippen LogP contribution < -0.4 is 5.32 Å². The molecule has 0 radical (unpaired) electrons. The third-order valence-electron chi connectivity index (χ3n) is 4.02. The summed E-state index contributed by atoms with van der Waals surface area (Å²) in [6.07, 6.45) is -1.03. The molecule has 0 saturated carbocycles. The Balaban J connectivity index is 1.78. The average Bonchev–Trinajstić information content (AvgIpc) is 2.67. The summed E-state index contributed by atoms with van der Waals surface area (Å²) in [7, 11) is 0. The molecular weight excluding hydrogens is 342 g/mol. The van der Waals surface area contributed by atoms with E-state index in [-0.39, 0.29) is 0 Å². The quantitative estimate of drug-likeness (QED) is 0.719. The molecule has 0 aliphatic heterocycles. The molecule has 134 valence electrons. The van der Waals surface area contributed by atoms with Crippen LogP contribution in [0.2, 0.25) is 0 Å². The van der Waals surface area contributed by atoms with Crippen LogP contribution in [0.4, 0.5) is 5.69 Å². The van der Waals surface area contributed by atoms with Gasteiger partial charge in [-0.05, 0) is 38.1 Å². The Morgan fingerprint density at radius 3 is 2.63 bits per heavy atom. The zero-order valence-corrected chi connectivity index (χ0v) is 14.9. The van der Waals surface area contributed by atoms with Gasteiger partial charge in [0.2, 0.25) is 0 Å². The number of amides is 1. The molecule has 3 aromatic rings. The minimum Gasteiger partial charge on any atom is -0.449 e. The van der Waals surface area contributed by atoms with E-state index in [9.17, 15) is 9.59 Å². The second-order valence-corrected chi connectivity index (χ2v) is 6.02. The molecule has 0 spiro atoms. The fourth-order valence-corrected chi connectivity index (χ4v) is 2.68. The van der Waals surface area contributed by atoms with Gasteiger partial charge in [-0.2, -0.15) is 5.26 Å². The number of nitriles is 1. The van der Waals surface area contributed by atoms with Crippen molar-refractivity contribution < 1.29 is 14.3 Å². The number of esters is 1. The second-order valence-electron chi connectivity index (χ2n) is 6.02. The van der Waals surface area contributed by atoms with Gasteiger partial charge in [-0.25, -0.2) is 4.79 Å². The smallest absolute Gasteiger partial charge is 0.339 e. The van der Waals surface area contributed by atoms with E-state index in [2.05, 4.69) is 10.3 Å². The number of fused-ring (bicyclic) bond motifs is 1. The van der Waals surface area contributed by atoms with Gasteiger partial charge in [-0.1, -0.05) is 30.3 Å². The van der Waals surface area contributed by atoms with Gasteiger partial charge in [-0.15, -0.1) is 0 Å². The number of benzene rings is 2. The van der Waals surface area contributed by atoms with Gasteiger partial charge in [-0.3, -0.25) is 9.78 Å². The number of aromatic nitrogens is 1.